The van der Waals surface area contributed by atoms with Crippen LogP contribution in [0.1, 0.15) is 367 Å². The molecule has 0 heterocycles. The van der Waals surface area contributed by atoms with Gasteiger partial charge in [0.1, 0.15) is 0 Å². The first-order valence-corrected chi connectivity index (χ1v) is 29.1. The van der Waals surface area contributed by atoms with Crippen molar-refractivity contribution in [2.24, 2.45) is 29.6 Å². The molecule has 0 aromatic carbocycles. The first-order valence-electron chi connectivity index (χ1n) is 29.1. The van der Waals surface area contributed by atoms with Gasteiger partial charge in [0.2, 0.25) is 0 Å². The van der Waals surface area contributed by atoms with E-state index < -0.39 is 0 Å². The molecule has 0 aromatic heterocycles. The smallest absolute Gasteiger partial charge is 0.0386 e. The van der Waals surface area contributed by atoms with Gasteiger partial charge in [0.05, 0.1) is 0 Å². The Kier molecular flexibility index (Phi) is 71.3. The van der Waals surface area contributed by atoms with Crippen LogP contribution < -0.4 is 0 Å². The van der Waals surface area contributed by atoms with Gasteiger partial charge in [0.15, 0.2) is 0 Å². The van der Waals surface area contributed by atoms with Crippen LogP contribution in [-0.4, -0.2) is 0 Å². The second-order valence-electron chi connectivity index (χ2n) is 19.4. The van der Waals surface area contributed by atoms with Crippen molar-refractivity contribution in [1.82, 2.24) is 0 Å². The van der Waals surface area contributed by atoms with E-state index in [4.69, 9.17) is 0 Å². The fourth-order valence-corrected chi connectivity index (χ4v) is 10.3. The lowest BCUT2D eigenvalue weighted by atomic mass is 9.75. The van der Waals surface area contributed by atoms with Crippen molar-refractivity contribution in [2.75, 3.05) is 0 Å². The Bertz CT molecular complexity index is 562. The third-order valence-corrected chi connectivity index (χ3v) is 14.1. The number of hydrogen-bond acceptors (Lipinski definition) is 0. The highest BCUT2D eigenvalue weighted by atomic mass is 14.3. The molecule has 0 amide bonds. The molecular weight excluding hydrogens is 733 g/mol. The van der Waals surface area contributed by atoms with Crippen molar-refractivity contribution in [3.05, 3.63) is 0 Å². The minimum atomic E-state index is 0. The molecule has 0 saturated heterocycles. The van der Waals surface area contributed by atoms with Gasteiger partial charge < -0.3 is 0 Å². The van der Waals surface area contributed by atoms with Crippen LogP contribution in [0, 0.1) is 29.6 Å². The molecule has 376 valence electrons. The summed E-state index contributed by atoms with van der Waals surface area (Å²) in [6.45, 7) is 23.2. The van der Waals surface area contributed by atoms with Crippen molar-refractivity contribution in [2.45, 2.75) is 367 Å². The van der Waals surface area contributed by atoms with E-state index in [0.29, 0.717) is 0 Å². The predicted octanol–water partition coefficient (Wildman–Crippen LogP) is 24.3. The summed E-state index contributed by atoms with van der Waals surface area (Å²) in [5.74, 6) is 5.24. The maximum atomic E-state index is 2.45. The van der Waals surface area contributed by atoms with E-state index in [1.807, 2.05) is 55.4 Å². The van der Waals surface area contributed by atoms with Crippen molar-refractivity contribution in [3.8, 4) is 0 Å². The maximum Gasteiger partial charge on any atom is -0.0386 e. The second kappa shape index (κ2) is 62.1. The van der Waals surface area contributed by atoms with Gasteiger partial charge in [-0.2, -0.15) is 0 Å². The third kappa shape index (κ3) is 52.5. The Balaban J connectivity index is -0.000000210. The standard InChI is InChI=1S/C17H32.2C9H18.2C8H16.4C2H6.2CH4/c1-15-9-7-13-17(14-8-10-15)16-11-5-3-2-4-6-12-16;2*1-9-7-5-3-2-4-6-8-9;2*1-2-4-6-8-7-5-3-1;4*1-2;;/h15-17H,2-14H2,1H3;2*9H,2-8H2,1H3;2*1-8H2;4*1-2H3;2*1H4. The van der Waals surface area contributed by atoms with Crippen molar-refractivity contribution in [1.29, 1.82) is 0 Å². The monoisotopic (exact) mass is 865 g/mol. The highest BCUT2D eigenvalue weighted by molar-refractivity contribution is 4.75. The molecule has 0 nitrogen and oxygen atoms in total. The van der Waals surface area contributed by atoms with Gasteiger partial charge >= 0.3 is 0 Å². The molecule has 0 spiro atoms. The van der Waals surface area contributed by atoms with Gasteiger partial charge in [-0.1, -0.05) is 367 Å². The minimum absolute atomic E-state index is 0. The zero-order valence-corrected chi connectivity index (χ0v) is 44.3. The van der Waals surface area contributed by atoms with Crippen molar-refractivity contribution >= 4 is 0 Å². The molecule has 6 rings (SSSR count). The molecule has 6 aliphatic carbocycles. The summed E-state index contributed by atoms with van der Waals surface area (Å²) in [7, 11) is 0. The van der Waals surface area contributed by atoms with Crippen molar-refractivity contribution in [3.63, 3.8) is 0 Å². The molecule has 0 N–H and O–H groups in total. The van der Waals surface area contributed by atoms with E-state index in [1.54, 1.807) is 25.7 Å². The van der Waals surface area contributed by atoms with E-state index in [1.165, 1.54) is 250 Å². The Morgan fingerprint density at radius 1 is 0.164 bits per heavy atom. The van der Waals surface area contributed by atoms with Crippen LogP contribution in [0.3, 0.4) is 0 Å². The van der Waals surface area contributed by atoms with Crippen LogP contribution in [0.2, 0.25) is 0 Å². The van der Waals surface area contributed by atoms with Crippen LogP contribution in [0.15, 0.2) is 0 Å². The van der Waals surface area contributed by atoms with Crippen LogP contribution in [0.4, 0.5) is 0 Å². The largest absolute Gasteiger partial charge is 0.0776 e. The molecule has 61 heavy (non-hydrogen) atoms. The molecule has 0 bridgehead atoms. The lowest BCUT2D eigenvalue weighted by molar-refractivity contribution is 0.210. The Morgan fingerprint density at radius 2 is 0.279 bits per heavy atom. The van der Waals surface area contributed by atoms with E-state index >= 15 is 0 Å². The number of rotatable bonds is 1. The second-order valence-corrected chi connectivity index (χ2v) is 19.4. The van der Waals surface area contributed by atoms with Gasteiger partial charge in [0.25, 0.3) is 0 Å². The van der Waals surface area contributed by atoms with Crippen LogP contribution in [0.25, 0.3) is 0 Å². The summed E-state index contributed by atoms with van der Waals surface area (Å²) in [6, 6.07) is 0. The zero-order valence-electron chi connectivity index (χ0n) is 44.3. The summed E-state index contributed by atoms with van der Waals surface area (Å²) < 4.78 is 0. The molecule has 0 radical (unpaired) electrons. The van der Waals surface area contributed by atoms with Gasteiger partial charge in [-0.25, -0.2) is 0 Å². The summed E-state index contributed by atoms with van der Waals surface area (Å²) in [5, 5.41) is 0. The topological polar surface area (TPSA) is 0 Å². The summed E-state index contributed by atoms with van der Waals surface area (Å²) in [6.07, 6.45) is 64.7. The Labute approximate surface area is 395 Å². The summed E-state index contributed by atoms with van der Waals surface area (Å²) in [4.78, 5) is 0. The zero-order chi connectivity index (χ0) is 44.3. The highest BCUT2D eigenvalue weighted by Gasteiger charge is 2.23. The number of hydrogen-bond donors (Lipinski definition) is 0. The van der Waals surface area contributed by atoms with E-state index in [0.717, 1.165) is 29.6 Å². The molecule has 6 fully saturated rings. The maximum absolute atomic E-state index is 2.45. The molecule has 0 unspecified atom stereocenters. The molecule has 0 aromatic rings. The van der Waals surface area contributed by atoms with Gasteiger partial charge in [0, 0.05) is 0 Å². The quantitative estimate of drug-likeness (QED) is 0.246. The summed E-state index contributed by atoms with van der Waals surface area (Å²) >= 11 is 0. The van der Waals surface area contributed by atoms with Crippen LogP contribution in [0.5, 0.6) is 0 Å². The van der Waals surface area contributed by atoms with Gasteiger partial charge in [-0.3, -0.25) is 0 Å². The van der Waals surface area contributed by atoms with Gasteiger partial charge in [-0.15, -0.1) is 0 Å². The lowest BCUT2D eigenvalue weighted by Crippen LogP contribution is -2.18. The van der Waals surface area contributed by atoms with E-state index in [-0.39, 0.29) is 14.9 Å². The Morgan fingerprint density at radius 3 is 0.459 bits per heavy atom. The Hall–Kier alpha value is 0. The minimum Gasteiger partial charge on any atom is -0.0776 e. The first kappa shape index (κ1) is 70.0. The molecular formula is C61H132. The van der Waals surface area contributed by atoms with Gasteiger partial charge in [-0.05, 0) is 29.6 Å². The molecule has 0 aliphatic heterocycles. The average molecular weight is 866 g/mol. The van der Waals surface area contributed by atoms with E-state index in [2.05, 4.69) is 20.8 Å². The van der Waals surface area contributed by atoms with Crippen molar-refractivity contribution < 1.29 is 0 Å². The highest BCUT2D eigenvalue weighted by Crippen LogP contribution is 2.36. The molecule has 6 aliphatic rings. The predicted molar refractivity (Wildman–Crippen MR) is 292 cm³/mol. The van der Waals surface area contributed by atoms with Crippen LogP contribution in [-0.2, 0) is 0 Å². The fourth-order valence-electron chi connectivity index (χ4n) is 10.3. The molecule has 0 atom stereocenters. The summed E-state index contributed by atoms with van der Waals surface area (Å²) in [5.41, 5.74) is 0. The fraction of sp³-hybridized carbons (Fsp3) is 1.00. The molecule has 0 heteroatoms. The average Bonchev–Trinajstić information content (AvgIpc) is 3.20. The SMILES string of the molecule is C.C.C1CCCCCCC1.C1CCCCCCC1.CC.CC.CC.CC.CC1CCCC(C2CCCCCCC2)CCC1.CC1CCCCCCC1.CC1CCCCCCC1. The normalized spacial score (nSPS) is 23.7. The van der Waals surface area contributed by atoms with Crippen LogP contribution >= 0.6 is 0 Å². The third-order valence-electron chi connectivity index (χ3n) is 14.1. The first-order chi connectivity index (χ1) is 29.1. The molecule has 6 saturated carbocycles. The lowest BCUT2D eigenvalue weighted by Gasteiger charge is -2.31. The van der Waals surface area contributed by atoms with E-state index in [9.17, 15) is 0 Å².